The Balaban J connectivity index is 0.000000414. The van der Waals surface area contributed by atoms with Crippen molar-refractivity contribution in [3.8, 4) is 11.5 Å². The SMILES string of the molecule is COCCOc1cc(CC2CCN(CCc3ccc4c(c3)C(=O)CCO4)CC2)ccc1Br.O=C(O)CCC(=O)O.O=C(O)CCC(=O)O. The molecule has 13 nitrogen and oxygen atoms in total. The Hall–Kier alpha value is -4.01. The Kier molecular flexibility index (Phi) is 18.2. The van der Waals surface area contributed by atoms with Crippen molar-refractivity contribution >= 4 is 45.6 Å². The molecule has 2 aliphatic heterocycles. The van der Waals surface area contributed by atoms with Gasteiger partial charge in [-0.2, -0.15) is 0 Å². The number of hydrogen-bond donors (Lipinski definition) is 4. The zero-order chi connectivity index (χ0) is 35.5. The van der Waals surface area contributed by atoms with Crippen molar-refractivity contribution in [1.29, 1.82) is 0 Å². The molecule has 0 aromatic heterocycles. The molecule has 0 saturated carbocycles. The quantitative estimate of drug-likeness (QED) is 0.182. The van der Waals surface area contributed by atoms with Crippen LogP contribution in [0.3, 0.4) is 0 Å². The number of ether oxygens (including phenoxy) is 3. The van der Waals surface area contributed by atoms with Crippen LogP contribution < -0.4 is 9.47 Å². The van der Waals surface area contributed by atoms with Crippen LogP contribution in [0.5, 0.6) is 11.5 Å². The molecule has 4 rings (SSSR count). The van der Waals surface area contributed by atoms with Crippen molar-refractivity contribution in [2.24, 2.45) is 5.92 Å². The van der Waals surface area contributed by atoms with E-state index in [2.05, 4.69) is 45.1 Å². The number of carboxylic acids is 4. The van der Waals surface area contributed by atoms with Crippen LogP contribution in [-0.4, -0.2) is 102 Å². The first-order chi connectivity index (χ1) is 22.9. The number of ketones is 1. The molecule has 1 saturated heterocycles. The third kappa shape index (κ3) is 16.2. The molecule has 48 heavy (non-hydrogen) atoms. The van der Waals surface area contributed by atoms with Crippen LogP contribution in [0.25, 0.3) is 0 Å². The van der Waals surface area contributed by atoms with Crippen LogP contribution in [0.1, 0.15) is 66.4 Å². The summed E-state index contributed by atoms with van der Waals surface area (Å²) in [7, 11) is 1.68. The maximum absolute atomic E-state index is 12.1. The van der Waals surface area contributed by atoms with E-state index in [1.807, 2.05) is 12.1 Å². The van der Waals surface area contributed by atoms with Crippen molar-refractivity contribution < 1.29 is 58.6 Å². The second kappa shape index (κ2) is 21.8. The molecule has 2 aromatic carbocycles. The summed E-state index contributed by atoms with van der Waals surface area (Å²) >= 11 is 3.58. The molecule has 0 aliphatic carbocycles. The number of Topliss-reactive ketones (excluding diaryl/α,β-unsaturated/α-hetero) is 1. The van der Waals surface area contributed by atoms with Gasteiger partial charge in [-0.25, -0.2) is 0 Å². The molecule has 4 N–H and O–H groups in total. The van der Waals surface area contributed by atoms with Gasteiger partial charge in [0.25, 0.3) is 0 Å². The molecule has 0 unspecified atom stereocenters. The molecule has 0 radical (unpaired) electrons. The number of fused-ring (bicyclic) bond motifs is 1. The first-order valence-electron chi connectivity index (χ1n) is 15.7. The zero-order valence-corrected chi connectivity index (χ0v) is 28.6. The second-order valence-corrected chi connectivity index (χ2v) is 12.1. The Morgan fingerprint density at radius 2 is 1.44 bits per heavy atom. The molecular formula is C34H44BrNO12. The van der Waals surface area contributed by atoms with Gasteiger partial charge in [0.2, 0.25) is 0 Å². The number of hydrogen-bond acceptors (Lipinski definition) is 9. The van der Waals surface area contributed by atoms with Gasteiger partial charge in [-0.15, -0.1) is 0 Å². The van der Waals surface area contributed by atoms with Crippen LogP contribution >= 0.6 is 15.9 Å². The number of aliphatic carboxylic acids is 4. The van der Waals surface area contributed by atoms with Crippen molar-refractivity contribution in [2.45, 2.75) is 57.8 Å². The number of carbonyl (C=O) groups excluding carboxylic acids is 1. The molecule has 0 amide bonds. The maximum Gasteiger partial charge on any atom is 0.303 e. The molecule has 0 bridgehead atoms. The van der Waals surface area contributed by atoms with E-state index in [0.717, 1.165) is 54.0 Å². The Labute approximate surface area is 287 Å². The van der Waals surface area contributed by atoms with Gasteiger partial charge in [0.05, 0.1) is 48.9 Å². The number of likely N-dealkylation sites (tertiary alicyclic amines) is 1. The summed E-state index contributed by atoms with van der Waals surface area (Å²) in [5, 5.41) is 31.6. The van der Waals surface area contributed by atoms with Crippen molar-refractivity contribution in [3.05, 3.63) is 57.6 Å². The number of nitrogens with zero attached hydrogens (tertiary/aromatic N) is 1. The predicted octanol–water partition coefficient (Wildman–Crippen LogP) is 4.81. The molecule has 0 atom stereocenters. The molecule has 2 heterocycles. The number of methoxy groups -OCH3 is 1. The summed E-state index contributed by atoms with van der Waals surface area (Å²) in [5.74, 6) is -1.76. The lowest BCUT2D eigenvalue weighted by atomic mass is 9.90. The lowest BCUT2D eigenvalue weighted by Gasteiger charge is -2.32. The molecule has 0 spiro atoms. The Morgan fingerprint density at radius 1 is 0.854 bits per heavy atom. The van der Waals surface area contributed by atoms with E-state index in [1.54, 1.807) is 7.11 Å². The second-order valence-electron chi connectivity index (χ2n) is 11.3. The summed E-state index contributed by atoms with van der Waals surface area (Å²) in [6.07, 6.45) is 3.80. The fourth-order valence-electron chi connectivity index (χ4n) is 4.95. The zero-order valence-electron chi connectivity index (χ0n) is 27.0. The summed E-state index contributed by atoms with van der Waals surface area (Å²) in [6, 6.07) is 12.5. The van der Waals surface area contributed by atoms with Crippen LogP contribution in [0, 0.1) is 5.92 Å². The molecule has 1 fully saturated rings. The average molecular weight is 739 g/mol. The Bertz CT molecular complexity index is 1320. The highest BCUT2D eigenvalue weighted by molar-refractivity contribution is 9.10. The van der Waals surface area contributed by atoms with Gasteiger partial charge in [0.1, 0.15) is 18.1 Å². The minimum atomic E-state index is -1.08. The van der Waals surface area contributed by atoms with Crippen molar-refractivity contribution in [1.82, 2.24) is 4.90 Å². The van der Waals surface area contributed by atoms with Gasteiger partial charge >= 0.3 is 23.9 Å². The number of halogens is 1. The fourth-order valence-corrected chi connectivity index (χ4v) is 5.31. The summed E-state index contributed by atoms with van der Waals surface area (Å²) in [6.45, 7) is 4.95. The molecule has 2 aliphatic rings. The lowest BCUT2D eigenvalue weighted by molar-refractivity contribution is -0.143. The monoisotopic (exact) mass is 737 g/mol. The molecule has 264 valence electrons. The van der Waals surface area contributed by atoms with Gasteiger partial charge in [-0.1, -0.05) is 12.1 Å². The van der Waals surface area contributed by atoms with Gasteiger partial charge in [0, 0.05) is 20.1 Å². The minimum Gasteiger partial charge on any atom is -0.492 e. The third-order valence-corrected chi connectivity index (χ3v) is 8.18. The predicted molar refractivity (Wildman–Crippen MR) is 178 cm³/mol. The standard InChI is InChI=1S/C26H32BrNO4.2C4H6O4/c1-30-14-15-32-26-18-21(2-4-23(26)27)16-20-7-11-28(12-8-20)10-6-19-3-5-25-22(17-19)24(29)9-13-31-25;2*5-3(6)1-2-4(7)8/h2-5,17-18,20H,6-16H2,1H3;2*1-2H2,(H,5,6)(H,7,8). The lowest BCUT2D eigenvalue weighted by Crippen LogP contribution is -2.35. The van der Waals surface area contributed by atoms with Gasteiger partial charge in [0.15, 0.2) is 5.78 Å². The van der Waals surface area contributed by atoms with Crippen LogP contribution in [0.15, 0.2) is 40.9 Å². The first kappa shape index (κ1) is 40.2. The number of rotatable bonds is 15. The van der Waals surface area contributed by atoms with Crippen LogP contribution in [0.2, 0.25) is 0 Å². The number of carboxylic acid groups (broad SMARTS) is 4. The Morgan fingerprint density at radius 3 is 2.00 bits per heavy atom. The number of carbonyl (C=O) groups is 5. The van der Waals surface area contributed by atoms with E-state index in [1.165, 1.54) is 24.0 Å². The van der Waals surface area contributed by atoms with Gasteiger partial charge in [-0.05, 0) is 96.0 Å². The van der Waals surface area contributed by atoms with Gasteiger partial charge in [-0.3, -0.25) is 24.0 Å². The molecular weight excluding hydrogens is 694 g/mol. The largest absolute Gasteiger partial charge is 0.492 e. The highest BCUT2D eigenvalue weighted by atomic mass is 79.9. The maximum atomic E-state index is 12.1. The summed E-state index contributed by atoms with van der Waals surface area (Å²) in [4.78, 5) is 53.2. The average Bonchev–Trinajstić information content (AvgIpc) is 3.05. The number of benzene rings is 2. The van der Waals surface area contributed by atoms with Gasteiger partial charge < -0.3 is 39.5 Å². The topological polar surface area (TPSA) is 197 Å². The first-order valence-corrected chi connectivity index (χ1v) is 16.5. The highest BCUT2D eigenvalue weighted by Crippen LogP contribution is 2.30. The molecule has 2 aromatic rings. The number of piperidine rings is 1. The van der Waals surface area contributed by atoms with E-state index in [0.29, 0.717) is 32.2 Å². The van der Waals surface area contributed by atoms with E-state index < -0.39 is 23.9 Å². The van der Waals surface area contributed by atoms with Crippen LogP contribution in [0.4, 0.5) is 0 Å². The van der Waals surface area contributed by atoms with Crippen molar-refractivity contribution in [3.63, 3.8) is 0 Å². The smallest absolute Gasteiger partial charge is 0.303 e. The third-order valence-electron chi connectivity index (χ3n) is 7.53. The van der Waals surface area contributed by atoms with Crippen LogP contribution in [-0.2, 0) is 36.8 Å². The summed E-state index contributed by atoms with van der Waals surface area (Å²) < 4.78 is 17.5. The van der Waals surface area contributed by atoms with E-state index in [4.69, 9.17) is 34.6 Å². The fraction of sp³-hybridized carbons (Fsp3) is 0.500. The van der Waals surface area contributed by atoms with E-state index >= 15 is 0 Å². The van der Waals surface area contributed by atoms with Crippen molar-refractivity contribution in [2.75, 3.05) is 46.6 Å². The van der Waals surface area contributed by atoms with E-state index in [-0.39, 0.29) is 31.5 Å². The highest BCUT2D eigenvalue weighted by Gasteiger charge is 2.21. The summed E-state index contributed by atoms with van der Waals surface area (Å²) in [5.41, 5.74) is 3.31. The minimum absolute atomic E-state index is 0.203. The normalized spacial score (nSPS) is 14.2. The molecule has 14 heteroatoms. The van der Waals surface area contributed by atoms with E-state index in [9.17, 15) is 24.0 Å².